The van der Waals surface area contributed by atoms with Crippen LogP contribution in [0.3, 0.4) is 0 Å². The molecule has 0 spiro atoms. The number of urea groups is 1. The number of nitrogens with one attached hydrogen (secondary N) is 2. The first-order valence-corrected chi connectivity index (χ1v) is 9.12. The summed E-state index contributed by atoms with van der Waals surface area (Å²) in [7, 11) is 0. The molecule has 2 atom stereocenters. The predicted octanol–water partition coefficient (Wildman–Crippen LogP) is 2.29. The second-order valence-electron chi connectivity index (χ2n) is 7.36. The lowest BCUT2D eigenvalue weighted by atomic mass is 9.85. The van der Waals surface area contributed by atoms with Crippen LogP contribution in [0, 0.1) is 17.2 Å². The van der Waals surface area contributed by atoms with Gasteiger partial charge >= 0.3 is 6.03 Å². The fourth-order valence-electron chi connectivity index (χ4n) is 3.15. The Morgan fingerprint density at radius 2 is 1.96 bits per heavy atom. The molecular formula is C20H26N4O3. The quantitative estimate of drug-likeness (QED) is 0.719. The normalized spacial score (nSPS) is 21.6. The van der Waals surface area contributed by atoms with Gasteiger partial charge < -0.3 is 10.6 Å². The molecule has 7 heteroatoms. The van der Waals surface area contributed by atoms with Gasteiger partial charge in [0.1, 0.15) is 17.6 Å². The molecule has 144 valence electrons. The van der Waals surface area contributed by atoms with Crippen molar-refractivity contribution in [1.82, 2.24) is 15.5 Å². The molecule has 1 fully saturated rings. The molecule has 7 nitrogen and oxygen atoms in total. The van der Waals surface area contributed by atoms with E-state index in [9.17, 15) is 19.6 Å². The summed E-state index contributed by atoms with van der Waals surface area (Å²) in [4.78, 5) is 39.0. The number of carbonyl (C=O) groups excluding carboxylic acids is 3. The van der Waals surface area contributed by atoms with E-state index in [1.807, 2.05) is 39.0 Å². The Morgan fingerprint density at radius 3 is 2.48 bits per heavy atom. The molecule has 0 aliphatic carbocycles. The van der Waals surface area contributed by atoms with Crippen LogP contribution in [0.4, 0.5) is 4.79 Å². The molecule has 2 N–H and O–H groups in total. The zero-order valence-corrected chi connectivity index (χ0v) is 16.2. The number of amides is 4. The van der Waals surface area contributed by atoms with E-state index in [4.69, 9.17) is 0 Å². The average molecular weight is 370 g/mol. The van der Waals surface area contributed by atoms with Crippen molar-refractivity contribution < 1.29 is 14.4 Å². The third-order valence-corrected chi connectivity index (χ3v) is 5.16. The fourth-order valence-corrected chi connectivity index (χ4v) is 3.15. The molecule has 1 heterocycles. The van der Waals surface area contributed by atoms with Crippen LogP contribution in [0.15, 0.2) is 30.3 Å². The molecule has 1 aromatic rings. The van der Waals surface area contributed by atoms with Crippen LogP contribution in [0.2, 0.25) is 0 Å². The molecule has 4 amide bonds. The first-order chi connectivity index (χ1) is 12.7. The second-order valence-corrected chi connectivity index (χ2v) is 7.36. The highest BCUT2D eigenvalue weighted by atomic mass is 16.2. The maximum Gasteiger partial charge on any atom is 0.325 e. The molecule has 1 aliphatic rings. The van der Waals surface area contributed by atoms with Crippen LogP contribution in [0.25, 0.3) is 0 Å². The van der Waals surface area contributed by atoms with Crippen LogP contribution in [0.5, 0.6) is 0 Å². The number of rotatable bonds is 7. The highest BCUT2D eigenvalue weighted by molar-refractivity contribution is 6.09. The lowest BCUT2D eigenvalue weighted by Crippen LogP contribution is -2.52. The van der Waals surface area contributed by atoms with Gasteiger partial charge in [-0.15, -0.1) is 0 Å². The van der Waals surface area contributed by atoms with Crippen molar-refractivity contribution in [3.05, 3.63) is 35.9 Å². The minimum atomic E-state index is -1.16. The summed E-state index contributed by atoms with van der Waals surface area (Å²) < 4.78 is 0. The standard InChI is InChI=1S/C20H26N4O3/c1-5-11-20(15-9-7-6-8-10-15)17(26)24(18(27)23-20)12-16(25)22-19(4,13-21)14(2)3/h6-10,14H,5,11-12H2,1-4H3,(H,22,25)(H,23,27)/t19-,20-/m1/s1. The third kappa shape index (κ3) is 3.80. The molecule has 1 aliphatic heterocycles. The smallest absolute Gasteiger partial charge is 0.325 e. The lowest BCUT2D eigenvalue weighted by molar-refractivity contribution is -0.136. The Balaban J connectivity index is 2.25. The van der Waals surface area contributed by atoms with E-state index < -0.39 is 35.5 Å². The SMILES string of the molecule is CCC[C@]1(c2ccccc2)NC(=O)N(CC(=O)N[C@](C)(C#N)C(C)C)C1=O. The highest BCUT2D eigenvalue weighted by Crippen LogP contribution is 2.33. The van der Waals surface area contributed by atoms with Gasteiger partial charge in [-0.1, -0.05) is 57.5 Å². The van der Waals surface area contributed by atoms with Crippen molar-refractivity contribution in [3.8, 4) is 6.07 Å². The number of carbonyl (C=O) groups is 3. The highest BCUT2D eigenvalue weighted by Gasteiger charge is 2.52. The first kappa shape index (κ1) is 20.4. The van der Waals surface area contributed by atoms with Crippen molar-refractivity contribution in [2.45, 2.75) is 51.6 Å². The molecule has 0 aromatic heterocycles. The zero-order valence-electron chi connectivity index (χ0n) is 16.2. The van der Waals surface area contributed by atoms with Gasteiger partial charge in [0.05, 0.1) is 6.07 Å². The van der Waals surface area contributed by atoms with Crippen molar-refractivity contribution in [1.29, 1.82) is 5.26 Å². The maximum absolute atomic E-state index is 13.1. The molecule has 27 heavy (non-hydrogen) atoms. The summed E-state index contributed by atoms with van der Waals surface area (Å²) in [6.07, 6.45) is 1.11. The Kier molecular flexibility index (Phi) is 5.89. The number of nitrogens with zero attached hydrogens (tertiary/aromatic N) is 2. The van der Waals surface area contributed by atoms with E-state index in [2.05, 4.69) is 16.7 Å². The number of hydrogen-bond donors (Lipinski definition) is 2. The van der Waals surface area contributed by atoms with Gasteiger partial charge in [0.15, 0.2) is 0 Å². The maximum atomic E-state index is 13.1. The number of hydrogen-bond acceptors (Lipinski definition) is 4. The van der Waals surface area contributed by atoms with E-state index in [-0.39, 0.29) is 5.92 Å². The van der Waals surface area contributed by atoms with Crippen molar-refractivity contribution >= 4 is 17.8 Å². The molecule has 0 unspecified atom stereocenters. The van der Waals surface area contributed by atoms with Gasteiger partial charge in [-0.05, 0) is 24.8 Å². The van der Waals surface area contributed by atoms with Crippen LogP contribution >= 0.6 is 0 Å². The lowest BCUT2D eigenvalue weighted by Gasteiger charge is -2.29. The predicted molar refractivity (Wildman–Crippen MR) is 100 cm³/mol. The molecule has 2 rings (SSSR count). The molecule has 0 bridgehead atoms. The van der Waals surface area contributed by atoms with Crippen LogP contribution in [0.1, 0.15) is 46.1 Å². The topological polar surface area (TPSA) is 102 Å². The van der Waals surface area contributed by atoms with Crippen LogP contribution in [-0.2, 0) is 15.1 Å². The van der Waals surface area contributed by atoms with Crippen molar-refractivity contribution in [2.75, 3.05) is 6.54 Å². The van der Waals surface area contributed by atoms with E-state index in [1.165, 1.54) is 0 Å². The summed E-state index contributed by atoms with van der Waals surface area (Å²) in [5, 5.41) is 14.8. The summed E-state index contributed by atoms with van der Waals surface area (Å²) in [5.74, 6) is -1.12. The van der Waals surface area contributed by atoms with Crippen LogP contribution in [-0.4, -0.2) is 34.8 Å². The number of nitriles is 1. The molecular weight excluding hydrogens is 344 g/mol. The van der Waals surface area contributed by atoms with Gasteiger partial charge in [0, 0.05) is 0 Å². The van der Waals surface area contributed by atoms with Crippen LogP contribution < -0.4 is 10.6 Å². The zero-order chi connectivity index (χ0) is 20.2. The van der Waals surface area contributed by atoms with Gasteiger partial charge in [0.2, 0.25) is 5.91 Å². The summed E-state index contributed by atoms with van der Waals surface area (Å²) in [6, 6.07) is 10.5. The van der Waals surface area contributed by atoms with Gasteiger partial charge in [-0.25, -0.2) is 4.79 Å². The minimum absolute atomic E-state index is 0.127. The second kappa shape index (κ2) is 7.78. The van der Waals surface area contributed by atoms with Gasteiger partial charge in [-0.2, -0.15) is 5.26 Å². The van der Waals surface area contributed by atoms with E-state index in [0.717, 1.165) is 4.90 Å². The Hall–Kier alpha value is -2.88. The Labute approximate surface area is 159 Å². The molecule has 1 saturated heterocycles. The minimum Gasteiger partial charge on any atom is -0.336 e. The Bertz CT molecular complexity index is 771. The largest absolute Gasteiger partial charge is 0.336 e. The van der Waals surface area contributed by atoms with Crippen molar-refractivity contribution in [2.24, 2.45) is 5.92 Å². The number of benzene rings is 1. The fraction of sp³-hybridized carbons (Fsp3) is 0.500. The Morgan fingerprint density at radius 1 is 1.33 bits per heavy atom. The van der Waals surface area contributed by atoms with Gasteiger partial charge in [0.25, 0.3) is 5.91 Å². The average Bonchev–Trinajstić information content (AvgIpc) is 2.87. The van der Waals surface area contributed by atoms with Gasteiger partial charge in [-0.3, -0.25) is 14.5 Å². The third-order valence-electron chi connectivity index (χ3n) is 5.16. The summed E-state index contributed by atoms with van der Waals surface area (Å²) >= 11 is 0. The monoisotopic (exact) mass is 370 g/mol. The summed E-state index contributed by atoms with van der Waals surface area (Å²) in [5.41, 5.74) is -1.54. The molecule has 0 radical (unpaired) electrons. The van der Waals surface area contributed by atoms with E-state index in [0.29, 0.717) is 18.4 Å². The molecule has 0 saturated carbocycles. The molecule has 1 aromatic carbocycles. The van der Waals surface area contributed by atoms with Crippen molar-refractivity contribution in [3.63, 3.8) is 0 Å². The number of imide groups is 1. The van der Waals surface area contributed by atoms with E-state index in [1.54, 1.807) is 19.1 Å². The van der Waals surface area contributed by atoms with E-state index >= 15 is 0 Å². The summed E-state index contributed by atoms with van der Waals surface area (Å²) in [6.45, 7) is 6.76. The first-order valence-electron chi connectivity index (χ1n) is 9.12.